The van der Waals surface area contributed by atoms with Crippen LogP contribution in [0, 0.1) is 0 Å². The average Bonchev–Trinajstić information content (AvgIpc) is 2.90. The van der Waals surface area contributed by atoms with Gasteiger partial charge in [0.05, 0.1) is 23.2 Å². The van der Waals surface area contributed by atoms with Gasteiger partial charge in [0.2, 0.25) is 5.91 Å². The molecule has 1 aliphatic rings. The number of hydrogen-bond donors (Lipinski definition) is 3. The van der Waals surface area contributed by atoms with Gasteiger partial charge in [-0.25, -0.2) is 4.98 Å². The molecule has 0 saturated heterocycles. The van der Waals surface area contributed by atoms with Crippen molar-refractivity contribution in [2.45, 2.75) is 26.1 Å². The maximum Gasteiger partial charge on any atom is 0.223 e. The molecular formula is C15H18N4O2S. The van der Waals surface area contributed by atoms with Crippen molar-refractivity contribution in [3.8, 4) is 0 Å². The molecule has 2 heterocycles. The maximum absolute atomic E-state index is 11.1. The fourth-order valence-electron chi connectivity index (χ4n) is 2.29. The number of benzene rings is 1. The molecule has 0 fully saturated rings. The first-order chi connectivity index (χ1) is 10.7. The van der Waals surface area contributed by atoms with E-state index in [0.29, 0.717) is 18.3 Å². The zero-order chi connectivity index (χ0) is 15.4. The first-order valence-corrected chi connectivity index (χ1v) is 7.93. The van der Waals surface area contributed by atoms with E-state index in [9.17, 15) is 4.79 Å². The van der Waals surface area contributed by atoms with Gasteiger partial charge in [0.1, 0.15) is 0 Å². The number of nitrogens with zero attached hydrogens (tertiary/aromatic N) is 1. The number of hydrogen-bond acceptors (Lipinski definition) is 6. The fraction of sp³-hybridized carbons (Fsp3) is 0.333. The predicted octanol–water partition coefficient (Wildman–Crippen LogP) is 1.97. The number of thiazole rings is 1. The van der Waals surface area contributed by atoms with Crippen LogP contribution in [0.15, 0.2) is 30.3 Å². The molecule has 3 N–H and O–H groups in total. The molecule has 3 rings (SSSR count). The Bertz CT molecular complexity index is 644. The van der Waals surface area contributed by atoms with E-state index in [1.165, 1.54) is 18.3 Å². The third-order valence-corrected chi connectivity index (χ3v) is 4.40. The summed E-state index contributed by atoms with van der Waals surface area (Å²) in [6.45, 7) is 3.47. The molecule has 0 bridgehead atoms. The SMILES string of the molecule is CC(=O)Nc1nc2c(s1)C(NOCc1ccccc1)CNC2. The summed E-state index contributed by atoms with van der Waals surface area (Å²) in [6, 6.07) is 10.0. The Balaban J connectivity index is 1.61. The van der Waals surface area contributed by atoms with Crippen molar-refractivity contribution >= 4 is 22.4 Å². The summed E-state index contributed by atoms with van der Waals surface area (Å²) < 4.78 is 0. The number of fused-ring (bicyclic) bond motifs is 1. The second-order valence-corrected chi connectivity index (χ2v) is 6.12. The smallest absolute Gasteiger partial charge is 0.223 e. The lowest BCUT2D eigenvalue weighted by atomic mass is 10.1. The van der Waals surface area contributed by atoms with E-state index < -0.39 is 0 Å². The van der Waals surface area contributed by atoms with Crippen molar-refractivity contribution in [1.82, 2.24) is 15.8 Å². The summed E-state index contributed by atoms with van der Waals surface area (Å²) >= 11 is 1.49. The largest absolute Gasteiger partial charge is 0.309 e. The van der Waals surface area contributed by atoms with Crippen LogP contribution >= 0.6 is 11.3 Å². The molecule has 6 nitrogen and oxygen atoms in total. The minimum atomic E-state index is -0.108. The zero-order valence-electron chi connectivity index (χ0n) is 12.3. The highest BCUT2D eigenvalue weighted by Crippen LogP contribution is 2.31. The molecule has 0 aliphatic carbocycles. The molecule has 0 saturated carbocycles. The van der Waals surface area contributed by atoms with E-state index >= 15 is 0 Å². The van der Waals surface area contributed by atoms with E-state index in [1.807, 2.05) is 30.3 Å². The van der Waals surface area contributed by atoms with Crippen LogP contribution < -0.4 is 16.1 Å². The number of carbonyl (C=O) groups excluding carboxylic acids is 1. The van der Waals surface area contributed by atoms with Gasteiger partial charge < -0.3 is 10.6 Å². The first-order valence-electron chi connectivity index (χ1n) is 7.11. The number of carbonyl (C=O) groups is 1. The highest BCUT2D eigenvalue weighted by Gasteiger charge is 2.24. The molecule has 0 radical (unpaired) electrons. The lowest BCUT2D eigenvalue weighted by molar-refractivity contribution is -0.114. The Morgan fingerprint density at radius 3 is 3.05 bits per heavy atom. The Kier molecular flexibility index (Phi) is 4.79. The molecule has 1 unspecified atom stereocenters. The van der Waals surface area contributed by atoms with Gasteiger partial charge in [-0.3, -0.25) is 9.63 Å². The summed E-state index contributed by atoms with van der Waals surface area (Å²) in [7, 11) is 0. The lowest BCUT2D eigenvalue weighted by Gasteiger charge is -2.22. The van der Waals surface area contributed by atoms with E-state index in [4.69, 9.17) is 4.84 Å². The van der Waals surface area contributed by atoms with Crippen LogP contribution in [0.2, 0.25) is 0 Å². The molecule has 7 heteroatoms. The highest BCUT2D eigenvalue weighted by molar-refractivity contribution is 7.16. The highest BCUT2D eigenvalue weighted by atomic mass is 32.1. The minimum Gasteiger partial charge on any atom is -0.309 e. The van der Waals surface area contributed by atoms with E-state index in [0.717, 1.165) is 22.7 Å². The Morgan fingerprint density at radius 2 is 2.27 bits per heavy atom. The topological polar surface area (TPSA) is 75.3 Å². The summed E-state index contributed by atoms with van der Waals surface area (Å²) in [4.78, 5) is 22.3. The number of rotatable bonds is 5. The Morgan fingerprint density at radius 1 is 1.45 bits per heavy atom. The first kappa shape index (κ1) is 15.1. The van der Waals surface area contributed by atoms with Crippen molar-refractivity contribution in [1.29, 1.82) is 0 Å². The summed E-state index contributed by atoms with van der Waals surface area (Å²) in [5.41, 5.74) is 5.16. The van der Waals surface area contributed by atoms with Crippen LogP contribution in [0.25, 0.3) is 0 Å². The second-order valence-electron chi connectivity index (χ2n) is 5.09. The zero-order valence-corrected chi connectivity index (χ0v) is 13.1. The lowest BCUT2D eigenvalue weighted by Crippen LogP contribution is -2.35. The van der Waals surface area contributed by atoms with E-state index in [1.54, 1.807) is 0 Å². The number of hydroxylamine groups is 1. The molecule has 1 aromatic carbocycles. The summed E-state index contributed by atoms with van der Waals surface area (Å²) in [5, 5.41) is 6.67. The van der Waals surface area contributed by atoms with E-state index in [2.05, 4.69) is 21.1 Å². The molecule has 1 amide bonds. The maximum atomic E-state index is 11.1. The van der Waals surface area contributed by atoms with Gasteiger partial charge in [-0.1, -0.05) is 41.7 Å². The van der Waals surface area contributed by atoms with E-state index in [-0.39, 0.29) is 11.9 Å². The van der Waals surface area contributed by atoms with Crippen molar-refractivity contribution in [2.24, 2.45) is 0 Å². The van der Waals surface area contributed by atoms with Crippen LogP contribution in [0.4, 0.5) is 5.13 Å². The molecule has 1 aromatic heterocycles. The fourth-order valence-corrected chi connectivity index (χ4v) is 3.36. The van der Waals surface area contributed by atoms with Gasteiger partial charge in [-0.05, 0) is 5.56 Å². The van der Waals surface area contributed by atoms with Crippen molar-refractivity contribution < 1.29 is 9.63 Å². The van der Waals surface area contributed by atoms with Crippen LogP contribution in [-0.2, 0) is 22.8 Å². The normalized spacial score (nSPS) is 17.0. The minimum absolute atomic E-state index is 0.0347. The van der Waals surface area contributed by atoms with Gasteiger partial charge in [-0.2, -0.15) is 5.48 Å². The monoisotopic (exact) mass is 318 g/mol. The van der Waals surface area contributed by atoms with Gasteiger partial charge in [0.25, 0.3) is 0 Å². The molecule has 22 heavy (non-hydrogen) atoms. The predicted molar refractivity (Wildman–Crippen MR) is 85.2 cm³/mol. The van der Waals surface area contributed by atoms with Crippen molar-refractivity contribution in [2.75, 3.05) is 11.9 Å². The summed E-state index contributed by atoms with van der Waals surface area (Å²) in [6.07, 6.45) is 0. The molecule has 1 atom stereocenters. The van der Waals surface area contributed by atoms with Crippen LogP contribution in [-0.4, -0.2) is 17.4 Å². The van der Waals surface area contributed by atoms with Gasteiger partial charge in [-0.15, -0.1) is 0 Å². The molecular weight excluding hydrogens is 300 g/mol. The number of anilines is 1. The van der Waals surface area contributed by atoms with Gasteiger partial charge in [0, 0.05) is 20.0 Å². The molecule has 2 aromatic rings. The number of amides is 1. The van der Waals surface area contributed by atoms with Crippen molar-refractivity contribution in [3.63, 3.8) is 0 Å². The van der Waals surface area contributed by atoms with Crippen LogP contribution in [0.3, 0.4) is 0 Å². The Labute approximate surface area is 132 Å². The molecule has 0 spiro atoms. The number of nitrogens with one attached hydrogen (secondary N) is 3. The molecule has 116 valence electrons. The second kappa shape index (κ2) is 6.97. The quantitative estimate of drug-likeness (QED) is 0.735. The van der Waals surface area contributed by atoms with Crippen LogP contribution in [0.5, 0.6) is 0 Å². The Hall–Kier alpha value is -1.80. The number of aromatic nitrogens is 1. The standard InChI is InChI=1S/C15H18N4O2S/c1-10(20)17-15-18-12-7-16-8-13(14(12)22-15)19-21-9-11-5-3-2-4-6-11/h2-6,13,16,19H,7-9H2,1H3,(H,17,18,20). The third kappa shape index (κ3) is 3.69. The van der Waals surface area contributed by atoms with Gasteiger partial charge >= 0.3 is 0 Å². The molecule has 1 aliphatic heterocycles. The third-order valence-electron chi connectivity index (χ3n) is 3.28. The summed E-state index contributed by atoms with van der Waals surface area (Å²) in [5.74, 6) is -0.108. The average molecular weight is 318 g/mol. The van der Waals surface area contributed by atoms with Crippen molar-refractivity contribution in [3.05, 3.63) is 46.5 Å². The van der Waals surface area contributed by atoms with Crippen LogP contribution in [0.1, 0.15) is 29.1 Å². The van der Waals surface area contributed by atoms with Gasteiger partial charge in [0.15, 0.2) is 5.13 Å².